The normalized spacial score (nSPS) is 34.3. The van der Waals surface area contributed by atoms with Crippen molar-refractivity contribution in [1.29, 1.82) is 5.26 Å². The predicted molar refractivity (Wildman–Crippen MR) is 57.6 cm³/mol. The maximum absolute atomic E-state index is 11.5. The molecule has 1 saturated carbocycles. The van der Waals surface area contributed by atoms with E-state index in [4.69, 9.17) is 16.9 Å². The number of nitrogens with zero attached hydrogens (tertiary/aromatic N) is 1. The van der Waals surface area contributed by atoms with Crippen molar-refractivity contribution < 1.29 is 4.79 Å². The SMILES string of the molecule is CC1C(=O)C(Cl)(C#N)C1c1ccccc1. The van der Waals surface area contributed by atoms with Gasteiger partial charge in [0.15, 0.2) is 10.7 Å². The van der Waals surface area contributed by atoms with E-state index in [1.165, 1.54) is 0 Å². The van der Waals surface area contributed by atoms with E-state index in [9.17, 15) is 4.79 Å². The molecule has 3 heteroatoms. The summed E-state index contributed by atoms with van der Waals surface area (Å²) >= 11 is 6.03. The monoisotopic (exact) mass is 219 g/mol. The first-order valence-corrected chi connectivity index (χ1v) is 5.18. The average Bonchev–Trinajstić information content (AvgIpc) is 2.29. The van der Waals surface area contributed by atoms with E-state index in [-0.39, 0.29) is 17.6 Å². The molecule has 0 heterocycles. The quantitative estimate of drug-likeness (QED) is 0.681. The fourth-order valence-electron chi connectivity index (χ4n) is 2.19. The van der Waals surface area contributed by atoms with Crippen LogP contribution >= 0.6 is 11.6 Å². The molecule has 1 aliphatic rings. The van der Waals surface area contributed by atoms with E-state index in [0.717, 1.165) is 5.56 Å². The van der Waals surface area contributed by atoms with Crippen LogP contribution in [0, 0.1) is 17.2 Å². The zero-order chi connectivity index (χ0) is 11.1. The lowest BCUT2D eigenvalue weighted by Gasteiger charge is -2.43. The van der Waals surface area contributed by atoms with Crippen LogP contribution in [0.15, 0.2) is 30.3 Å². The molecule has 0 spiro atoms. The first-order chi connectivity index (χ1) is 7.11. The van der Waals surface area contributed by atoms with E-state index in [1.807, 2.05) is 43.3 Å². The fourth-order valence-corrected chi connectivity index (χ4v) is 2.67. The summed E-state index contributed by atoms with van der Waals surface area (Å²) in [5, 5.41) is 8.96. The van der Waals surface area contributed by atoms with Crippen molar-refractivity contribution in [3.8, 4) is 6.07 Å². The molecule has 0 aromatic heterocycles. The first kappa shape index (κ1) is 10.2. The molecular weight excluding hydrogens is 210 g/mol. The van der Waals surface area contributed by atoms with Gasteiger partial charge < -0.3 is 0 Å². The lowest BCUT2D eigenvalue weighted by Crippen LogP contribution is -2.56. The molecule has 0 N–H and O–H groups in total. The number of Topliss-reactive ketones (excluding diaryl/α,β-unsaturated/α-hetero) is 1. The van der Waals surface area contributed by atoms with Crippen molar-refractivity contribution in [2.45, 2.75) is 17.7 Å². The number of halogens is 1. The van der Waals surface area contributed by atoms with Crippen molar-refractivity contribution in [2.24, 2.45) is 5.92 Å². The topological polar surface area (TPSA) is 40.9 Å². The Bertz CT molecular complexity index is 437. The van der Waals surface area contributed by atoms with Gasteiger partial charge in [-0.3, -0.25) is 4.79 Å². The molecule has 3 atom stereocenters. The van der Waals surface area contributed by atoms with Gasteiger partial charge in [-0.2, -0.15) is 5.26 Å². The molecular formula is C12H10ClNO. The van der Waals surface area contributed by atoms with Crippen LogP contribution in [-0.2, 0) is 4.79 Å². The van der Waals surface area contributed by atoms with Crippen molar-refractivity contribution in [2.75, 3.05) is 0 Å². The van der Waals surface area contributed by atoms with Crippen LogP contribution in [0.3, 0.4) is 0 Å². The molecule has 2 nitrogen and oxygen atoms in total. The Morgan fingerprint density at radius 1 is 1.40 bits per heavy atom. The Labute approximate surface area is 93.5 Å². The molecule has 2 rings (SSSR count). The third-order valence-electron chi connectivity index (χ3n) is 3.02. The smallest absolute Gasteiger partial charge is 0.196 e. The van der Waals surface area contributed by atoms with Gasteiger partial charge in [0.1, 0.15) is 0 Å². The van der Waals surface area contributed by atoms with E-state index in [0.29, 0.717) is 0 Å². The Hall–Kier alpha value is -1.33. The third-order valence-corrected chi connectivity index (χ3v) is 3.53. The first-order valence-electron chi connectivity index (χ1n) is 4.80. The summed E-state index contributed by atoms with van der Waals surface area (Å²) in [4.78, 5) is 10.2. The van der Waals surface area contributed by atoms with Crippen LogP contribution in [0.5, 0.6) is 0 Å². The van der Waals surface area contributed by atoms with Gasteiger partial charge in [-0.05, 0) is 5.56 Å². The van der Waals surface area contributed by atoms with Crippen LogP contribution < -0.4 is 0 Å². The van der Waals surface area contributed by atoms with Crippen LogP contribution in [0.25, 0.3) is 0 Å². The zero-order valence-electron chi connectivity index (χ0n) is 8.27. The minimum Gasteiger partial charge on any atom is -0.296 e. The van der Waals surface area contributed by atoms with Crippen molar-refractivity contribution in [3.63, 3.8) is 0 Å². The number of carbonyl (C=O) groups excluding carboxylic acids is 1. The number of benzene rings is 1. The van der Waals surface area contributed by atoms with Crippen molar-refractivity contribution in [1.82, 2.24) is 0 Å². The molecule has 1 aliphatic carbocycles. The molecule has 15 heavy (non-hydrogen) atoms. The van der Waals surface area contributed by atoms with Crippen LogP contribution in [-0.4, -0.2) is 10.7 Å². The summed E-state index contributed by atoms with van der Waals surface area (Å²) in [6, 6.07) is 11.4. The van der Waals surface area contributed by atoms with Gasteiger partial charge in [0.05, 0.1) is 6.07 Å². The molecule has 0 saturated heterocycles. The Balaban J connectivity index is 2.40. The highest BCUT2D eigenvalue weighted by atomic mass is 35.5. The predicted octanol–water partition coefficient (Wildman–Crippen LogP) is 2.49. The molecule has 1 fully saturated rings. The van der Waals surface area contributed by atoms with E-state index >= 15 is 0 Å². The highest BCUT2D eigenvalue weighted by Gasteiger charge is 2.60. The average molecular weight is 220 g/mol. The Morgan fingerprint density at radius 3 is 2.53 bits per heavy atom. The molecule has 1 aromatic rings. The molecule has 0 bridgehead atoms. The van der Waals surface area contributed by atoms with Crippen LogP contribution in [0.4, 0.5) is 0 Å². The molecule has 0 aliphatic heterocycles. The number of ketones is 1. The van der Waals surface area contributed by atoms with Crippen LogP contribution in [0.2, 0.25) is 0 Å². The molecule has 3 unspecified atom stereocenters. The van der Waals surface area contributed by atoms with Gasteiger partial charge in [0.25, 0.3) is 0 Å². The molecule has 1 aromatic carbocycles. The van der Waals surface area contributed by atoms with Crippen molar-refractivity contribution in [3.05, 3.63) is 35.9 Å². The second-order valence-corrected chi connectivity index (χ2v) is 4.46. The maximum atomic E-state index is 11.5. The Kier molecular flexibility index (Phi) is 2.28. The lowest BCUT2D eigenvalue weighted by molar-refractivity contribution is -0.132. The Morgan fingerprint density at radius 2 is 2.00 bits per heavy atom. The summed E-state index contributed by atoms with van der Waals surface area (Å²) in [6.07, 6.45) is 0. The number of rotatable bonds is 1. The minimum absolute atomic E-state index is 0.162. The van der Waals surface area contributed by atoms with Gasteiger partial charge in [0.2, 0.25) is 0 Å². The second-order valence-electron chi connectivity index (χ2n) is 3.86. The summed E-state index contributed by atoms with van der Waals surface area (Å²) < 4.78 is 0. The molecule has 76 valence electrons. The highest BCUT2D eigenvalue weighted by Crippen LogP contribution is 2.51. The van der Waals surface area contributed by atoms with Crippen LogP contribution in [0.1, 0.15) is 18.4 Å². The van der Waals surface area contributed by atoms with Gasteiger partial charge in [-0.1, -0.05) is 48.9 Å². The van der Waals surface area contributed by atoms with Gasteiger partial charge in [-0.25, -0.2) is 0 Å². The van der Waals surface area contributed by atoms with E-state index < -0.39 is 4.87 Å². The van der Waals surface area contributed by atoms with Gasteiger partial charge >= 0.3 is 0 Å². The highest BCUT2D eigenvalue weighted by molar-refractivity contribution is 6.41. The number of hydrogen-bond donors (Lipinski definition) is 0. The second kappa shape index (κ2) is 3.36. The van der Waals surface area contributed by atoms with Gasteiger partial charge in [-0.15, -0.1) is 0 Å². The number of alkyl halides is 1. The number of carbonyl (C=O) groups is 1. The maximum Gasteiger partial charge on any atom is 0.196 e. The minimum atomic E-state index is -1.35. The molecule has 0 amide bonds. The third kappa shape index (κ3) is 1.27. The summed E-state index contributed by atoms with van der Waals surface area (Å²) in [5.41, 5.74) is 0.959. The summed E-state index contributed by atoms with van der Waals surface area (Å²) in [5.74, 6) is -0.511. The standard InChI is InChI=1S/C12H10ClNO/c1-8-10(9-5-3-2-4-6-9)12(13,7-14)11(8)15/h2-6,8,10H,1H3. The van der Waals surface area contributed by atoms with E-state index in [2.05, 4.69) is 0 Å². The van der Waals surface area contributed by atoms with Gasteiger partial charge in [0, 0.05) is 11.8 Å². The summed E-state index contributed by atoms with van der Waals surface area (Å²) in [7, 11) is 0. The fraction of sp³-hybridized carbons (Fsp3) is 0.333. The summed E-state index contributed by atoms with van der Waals surface area (Å²) in [6.45, 7) is 1.82. The van der Waals surface area contributed by atoms with E-state index in [1.54, 1.807) is 0 Å². The molecule has 0 radical (unpaired) electrons. The zero-order valence-corrected chi connectivity index (χ0v) is 9.03. The largest absolute Gasteiger partial charge is 0.296 e. The van der Waals surface area contributed by atoms with Crippen molar-refractivity contribution >= 4 is 17.4 Å². The number of nitriles is 1. The lowest BCUT2D eigenvalue weighted by atomic mass is 9.61. The number of hydrogen-bond acceptors (Lipinski definition) is 2.